The lowest BCUT2D eigenvalue weighted by Crippen LogP contribution is -2.19. The topological polar surface area (TPSA) is 55.4 Å². The van der Waals surface area contributed by atoms with Crippen molar-refractivity contribution in [3.63, 3.8) is 0 Å². The molecule has 1 saturated heterocycles. The van der Waals surface area contributed by atoms with Crippen LogP contribution in [0.25, 0.3) is 0 Å². The maximum Gasteiger partial charge on any atom is 0.254 e. The van der Waals surface area contributed by atoms with E-state index in [1.165, 1.54) is 0 Å². The van der Waals surface area contributed by atoms with E-state index in [0.717, 1.165) is 5.57 Å². The smallest absolute Gasteiger partial charge is 0.254 e. The van der Waals surface area contributed by atoms with Crippen LogP contribution in [0.2, 0.25) is 0 Å². The van der Waals surface area contributed by atoms with Crippen molar-refractivity contribution in [1.29, 1.82) is 0 Å². The van der Waals surface area contributed by atoms with Crippen LogP contribution in [0.15, 0.2) is 11.1 Å². The van der Waals surface area contributed by atoms with Crippen LogP contribution in [0.1, 0.15) is 13.3 Å². The Labute approximate surface area is 70.6 Å². The van der Waals surface area contributed by atoms with Crippen molar-refractivity contribution in [3.8, 4) is 0 Å². The van der Waals surface area contributed by atoms with Gasteiger partial charge in [0.05, 0.1) is 13.0 Å². The molecule has 2 amide bonds. The van der Waals surface area contributed by atoms with Crippen LogP contribution in [0.5, 0.6) is 0 Å². The molecule has 0 saturated carbocycles. The maximum absolute atomic E-state index is 11.1. The summed E-state index contributed by atoms with van der Waals surface area (Å²) in [6.07, 6.45) is 0.189. The molecule has 0 aromatic heterocycles. The lowest BCUT2D eigenvalue weighted by atomic mass is 10.1. The number of hydrogen-bond donors (Lipinski definition) is 1. The highest BCUT2D eigenvalue weighted by Gasteiger charge is 2.25. The number of methoxy groups -OCH3 is 1. The minimum Gasteiger partial charge on any atom is -0.380 e. The van der Waals surface area contributed by atoms with Crippen LogP contribution >= 0.6 is 0 Å². The number of imide groups is 1. The van der Waals surface area contributed by atoms with Gasteiger partial charge in [-0.15, -0.1) is 0 Å². The predicted molar refractivity (Wildman–Crippen MR) is 42.3 cm³/mol. The first-order chi connectivity index (χ1) is 5.65. The quantitative estimate of drug-likeness (QED) is 0.467. The summed E-state index contributed by atoms with van der Waals surface area (Å²) in [7, 11) is 1.55. The van der Waals surface area contributed by atoms with Crippen LogP contribution < -0.4 is 5.32 Å². The standard InChI is InChI=1S/C8H11NO3/c1-5(4-12-2)6-3-7(10)9-8(6)11/h3-4H2,1-2H3,(H,9,10,11)/b6-5-. The van der Waals surface area contributed by atoms with Crippen molar-refractivity contribution in [1.82, 2.24) is 5.32 Å². The SMILES string of the molecule is COC/C(C)=C1/CC(=O)NC1=O. The van der Waals surface area contributed by atoms with Gasteiger partial charge >= 0.3 is 0 Å². The van der Waals surface area contributed by atoms with Crippen molar-refractivity contribution in [2.75, 3.05) is 13.7 Å². The molecule has 4 heteroatoms. The summed E-state index contributed by atoms with van der Waals surface area (Å²) in [4.78, 5) is 21.8. The molecule has 66 valence electrons. The molecule has 1 aliphatic heterocycles. The van der Waals surface area contributed by atoms with Crippen molar-refractivity contribution >= 4 is 11.8 Å². The molecule has 0 atom stereocenters. The molecule has 0 aromatic rings. The summed E-state index contributed by atoms with van der Waals surface area (Å²) in [5, 5.41) is 2.21. The minimum atomic E-state index is -0.283. The Morgan fingerprint density at radius 1 is 1.58 bits per heavy atom. The Morgan fingerprint density at radius 2 is 2.25 bits per heavy atom. The monoisotopic (exact) mass is 169 g/mol. The highest BCUT2D eigenvalue weighted by molar-refractivity contribution is 6.13. The fourth-order valence-electron chi connectivity index (χ4n) is 1.14. The normalized spacial score (nSPS) is 21.2. The van der Waals surface area contributed by atoms with Gasteiger partial charge in [0.2, 0.25) is 5.91 Å². The molecule has 1 N–H and O–H groups in total. The Hall–Kier alpha value is -1.16. The second-order valence-electron chi connectivity index (χ2n) is 2.75. The van der Waals surface area contributed by atoms with E-state index < -0.39 is 0 Å². The molecule has 0 aromatic carbocycles. The Balaban J connectivity index is 2.80. The van der Waals surface area contributed by atoms with E-state index in [-0.39, 0.29) is 18.2 Å². The third-order valence-corrected chi connectivity index (χ3v) is 1.74. The molecule has 0 unspecified atom stereocenters. The zero-order chi connectivity index (χ0) is 9.14. The fourth-order valence-corrected chi connectivity index (χ4v) is 1.14. The van der Waals surface area contributed by atoms with Crippen LogP contribution in [0.4, 0.5) is 0 Å². The van der Waals surface area contributed by atoms with Crippen molar-refractivity contribution in [2.24, 2.45) is 0 Å². The number of carbonyl (C=O) groups is 2. The van der Waals surface area contributed by atoms with E-state index in [2.05, 4.69) is 5.32 Å². The fraction of sp³-hybridized carbons (Fsp3) is 0.500. The molecule has 1 fully saturated rings. The van der Waals surface area contributed by atoms with Gasteiger partial charge in [0.1, 0.15) is 0 Å². The average Bonchev–Trinajstić information content (AvgIpc) is 2.30. The zero-order valence-electron chi connectivity index (χ0n) is 7.14. The number of carbonyl (C=O) groups excluding carboxylic acids is 2. The third kappa shape index (κ3) is 1.71. The van der Waals surface area contributed by atoms with E-state index in [1.54, 1.807) is 14.0 Å². The molecule has 12 heavy (non-hydrogen) atoms. The Bertz CT molecular complexity index is 255. The van der Waals surface area contributed by atoms with Gasteiger partial charge in [-0.1, -0.05) is 0 Å². The van der Waals surface area contributed by atoms with E-state index in [9.17, 15) is 9.59 Å². The number of nitrogens with one attached hydrogen (secondary N) is 1. The molecule has 0 aliphatic carbocycles. The van der Waals surface area contributed by atoms with Crippen LogP contribution in [0.3, 0.4) is 0 Å². The van der Waals surface area contributed by atoms with E-state index in [4.69, 9.17) is 4.74 Å². The number of rotatable bonds is 2. The molecule has 1 aliphatic rings. The first-order valence-electron chi connectivity index (χ1n) is 3.67. The van der Waals surface area contributed by atoms with Crippen LogP contribution in [0, 0.1) is 0 Å². The predicted octanol–water partition coefficient (Wildman–Crippen LogP) is -0.00420. The summed E-state index contributed by atoms with van der Waals surface area (Å²) < 4.78 is 4.85. The Kier molecular flexibility index (Phi) is 2.60. The van der Waals surface area contributed by atoms with Gasteiger partial charge in [-0.2, -0.15) is 0 Å². The minimum absolute atomic E-state index is 0.189. The van der Waals surface area contributed by atoms with Gasteiger partial charge in [0, 0.05) is 12.7 Å². The lowest BCUT2D eigenvalue weighted by molar-refractivity contribution is -0.124. The summed E-state index contributed by atoms with van der Waals surface area (Å²) in [6, 6.07) is 0. The number of ether oxygens (including phenoxy) is 1. The van der Waals surface area contributed by atoms with Gasteiger partial charge in [0.25, 0.3) is 5.91 Å². The first-order valence-corrected chi connectivity index (χ1v) is 3.67. The number of amides is 2. The van der Waals surface area contributed by atoms with E-state index in [0.29, 0.717) is 12.2 Å². The van der Waals surface area contributed by atoms with E-state index in [1.807, 2.05) is 0 Å². The molecule has 0 bridgehead atoms. The maximum atomic E-state index is 11.1. The highest BCUT2D eigenvalue weighted by atomic mass is 16.5. The molecular formula is C8H11NO3. The van der Waals surface area contributed by atoms with Crippen molar-refractivity contribution < 1.29 is 14.3 Å². The largest absolute Gasteiger partial charge is 0.380 e. The molecule has 1 heterocycles. The molecule has 0 radical (unpaired) electrons. The molecule has 4 nitrogen and oxygen atoms in total. The van der Waals surface area contributed by atoms with Crippen LogP contribution in [-0.4, -0.2) is 25.5 Å². The van der Waals surface area contributed by atoms with Crippen molar-refractivity contribution in [3.05, 3.63) is 11.1 Å². The van der Waals surface area contributed by atoms with Gasteiger partial charge in [0.15, 0.2) is 0 Å². The molecular weight excluding hydrogens is 158 g/mol. The third-order valence-electron chi connectivity index (χ3n) is 1.74. The second kappa shape index (κ2) is 3.49. The first kappa shape index (κ1) is 8.93. The molecule has 0 spiro atoms. The highest BCUT2D eigenvalue weighted by Crippen LogP contribution is 2.14. The molecule has 1 rings (SSSR count). The second-order valence-corrected chi connectivity index (χ2v) is 2.75. The van der Waals surface area contributed by atoms with Crippen LogP contribution in [-0.2, 0) is 14.3 Å². The van der Waals surface area contributed by atoms with Crippen molar-refractivity contribution in [2.45, 2.75) is 13.3 Å². The zero-order valence-corrected chi connectivity index (χ0v) is 7.14. The van der Waals surface area contributed by atoms with Gasteiger partial charge in [-0.25, -0.2) is 0 Å². The van der Waals surface area contributed by atoms with Gasteiger partial charge in [-0.3, -0.25) is 14.9 Å². The van der Waals surface area contributed by atoms with Gasteiger partial charge < -0.3 is 4.74 Å². The summed E-state index contributed by atoms with van der Waals surface area (Å²) in [6.45, 7) is 2.19. The summed E-state index contributed by atoms with van der Waals surface area (Å²) in [5.74, 6) is -0.514. The van der Waals surface area contributed by atoms with Gasteiger partial charge in [-0.05, 0) is 12.5 Å². The van der Waals surface area contributed by atoms with E-state index >= 15 is 0 Å². The summed E-state index contributed by atoms with van der Waals surface area (Å²) in [5.41, 5.74) is 1.36. The Morgan fingerprint density at radius 3 is 2.67 bits per heavy atom. The average molecular weight is 169 g/mol. The lowest BCUT2D eigenvalue weighted by Gasteiger charge is -2.00. The summed E-state index contributed by atoms with van der Waals surface area (Å²) >= 11 is 0. The number of hydrogen-bond acceptors (Lipinski definition) is 3.